The molecule has 4 nitrogen and oxygen atoms in total. The zero-order valence-electron chi connectivity index (χ0n) is 12.1. The summed E-state index contributed by atoms with van der Waals surface area (Å²) in [6, 6.07) is 14.2. The van der Waals surface area contributed by atoms with E-state index in [1.165, 1.54) is 0 Å². The van der Waals surface area contributed by atoms with Crippen molar-refractivity contribution in [1.29, 1.82) is 0 Å². The Morgan fingerprint density at radius 2 is 1.74 bits per heavy atom. The van der Waals surface area contributed by atoms with Crippen molar-refractivity contribution in [3.8, 4) is 5.75 Å². The van der Waals surface area contributed by atoms with Gasteiger partial charge in [0, 0.05) is 11.1 Å². The summed E-state index contributed by atoms with van der Waals surface area (Å²) in [5.74, 6) is 0.367. The van der Waals surface area contributed by atoms with Gasteiger partial charge in [0.15, 0.2) is 5.75 Å². The molecule has 1 amide bonds. The molecule has 1 aromatic heterocycles. The Labute approximate surface area is 143 Å². The lowest BCUT2D eigenvalue weighted by molar-refractivity contribution is 0.215. The first-order valence-electron chi connectivity index (χ1n) is 6.84. The number of hydrogen-bond acceptors (Lipinski definition) is 3. The predicted octanol–water partition coefficient (Wildman–Crippen LogP) is 5.46. The highest BCUT2D eigenvalue weighted by Gasteiger charge is 2.13. The number of rotatable bonds is 2. The molecular weight excluding hydrogens is 335 g/mol. The number of pyridine rings is 1. The number of halogens is 2. The summed E-state index contributed by atoms with van der Waals surface area (Å²) < 4.78 is 5.37. The van der Waals surface area contributed by atoms with Crippen LogP contribution in [0.15, 0.2) is 48.5 Å². The molecule has 1 N–H and O–H groups in total. The van der Waals surface area contributed by atoms with Crippen molar-refractivity contribution in [1.82, 2.24) is 4.98 Å². The maximum Gasteiger partial charge on any atom is 0.417 e. The fraction of sp³-hybridized carbons (Fsp3) is 0.0588. The van der Waals surface area contributed by atoms with Crippen molar-refractivity contribution in [3.63, 3.8) is 0 Å². The van der Waals surface area contributed by atoms with Crippen LogP contribution in [0.2, 0.25) is 10.0 Å². The van der Waals surface area contributed by atoms with Crippen molar-refractivity contribution < 1.29 is 9.53 Å². The quantitative estimate of drug-likeness (QED) is 0.670. The second-order valence-corrected chi connectivity index (χ2v) is 5.71. The lowest BCUT2D eigenvalue weighted by atomic mass is 10.2. The highest BCUT2D eigenvalue weighted by molar-refractivity contribution is 6.39. The minimum Gasteiger partial charge on any atom is -0.408 e. The number of aryl methyl sites for hydroxylation is 1. The van der Waals surface area contributed by atoms with Crippen LogP contribution < -0.4 is 10.1 Å². The summed E-state index contributed by atoms with van der Waals surface area (Å²) in [7, 11) is 0. The maximum absolute atomic E-state index is 12.1. The number of anilines is 1. The van der Waals surface area contributed by atoms with Gasteiger partial charge in [-0.1, -0.05) is 47.5 Å². The topological polar surface area (TPSA) is 51.2 Å². The van der Waals surface area contributed by atoms with Gasteiger partial charge < -0.3 is 4.74 Å². The fourth-order valence-electron chi connectivity index (χ4n) is 2.14. The number of para-hydroxylation sites is 2. The van der Waals surface area contributed by atoms with Gasteiger partial charge in [0.2, 0.25) is 0 Å². The van der Waals surface area contributed by atoms with E-state index in [0.29, 0.717) is 27.0 Å². The van der Waals surface area contributed by atoms with Gasteiger partial charge in [0.05, 0.1) is 15.7 Å². The number of aromatic nitrogens is 1. The van der Waals surface area contributed by atoms with Gasteiger partial charge in [0.25, 0.3) is 0 Å². The number of carbonyl (C=O) groups is 1. The average Bonchev–Trinajstić information content (AvgIpc) is 2.52. The Morgan fingerprint density at radius 3 is 2.48 bits per heavy atom. The minimum atomic E-state index is -0.684. The van der Waals surface area contributed by atoms with Gasteiger partial charge in [-0.3, -0.25) is 5.32 Å². The van der Waals surface area contributed by atoms with Crippen LogP contribution in [-0.4, -0.2) is 11.1 Å². The van der Waals surface area contributed by atoms with Crippen molar-refractivity contribution in [3.05, 3.63) is 64.3 Å². The summed E-state index contributed by atoms with van der Waals surface area (Å²) >= 11 is 12.1. The van der Waals surface area contributed by atoms with E-state index in [9.17, 15) is 4.79 Å². The molecular formula is C17H12Cl2N2O2. The Bertz CT molecular complexity index is 877. The third kappa shape index (κ3) is 3.38. The predicted molar refractivity (Wildman–Crippen MR) is 92.6 cm³/mol. The molecule has 0 bridgehead atoms. The van der Waals surface area contributed by atoms with E-state index in [0.717, 1.165) is 11.1 Å². The fourth-order valence-corrected chi connectivity index (χ4v) is 2.64. The van der Waals surface area contributed by atoms with Gasteiger partial charge >= 0.3 is 6.09 Å². The van der Waals surface area contributed by atoms with E-state index >= 15 is 0 Å². The molecule has 3 rings (SSSR count). The van der Waals surface area contributed by atoms with Gasteiger partial charge in [-0.25, -0.2) is 9.78 Å². The largest absolute Gasteiger partial charge is 0.417 e. The number of hydrogen-bond donors (Lipinski definition) is 1. The molecule has 0 saturated carbocycles. The van der Waals surface area contributed by atoms with Crippen LogP contribution in [0, 0.1) is 6.92 Å². The summed E-state index contributed by atoms with van der Waals surface area (Å²) in [5, 5.41) is 4.11. The highest BCUT2D eigenvalue weighted by Crippen LogP contribution is 2.30. The summed E-state index contributed by atoms with van der Waals surface area (Å²) in [4.78, 5) is 16.6. The van der Waals surface area contributed by atoms with E-state index in [1.54, 1.807) is 30.3 Å². The molecule has 0 aliphatic rings. The second kappa shape index (κ2) is 6.44. The van der Waals surface area contributed by atoms with Crippen LogP contribution in [0.5, 0.6) is 5.75 Å². The molecule has 3 aromatic rings. The van der Waals surface area contributed by atoms with Crippen molar-refractivity contribution in [2.24, 2.45) is 0 Å². The summed E-state index contributed by atoms with van der Waals surface area (Å²) in [5.41, 5.74) is 1.77. The van der Waals surface area contributed by atoms with Gasteiger partial charge in [0.1, 0.15) is 5.52 Å². The first kappa shape index (κ1) is 15.6. The minimum absolute atomic E-state index is 0.310. The molecule has 0 unspecified atom stereocenters. The molecule has 116 valence electrons. The second-order valence-electron chi connectivity index (χ2n) is 4.89. The molecule has 0 fully saturated rings. The first-order chi connectivity index (χ1) is 11.0. The molecule has 1 heterocycles. The van der Waals surface area contributed by atoms with Crippen LogP contribution in [0.4, 0.5) is 10.5 Å². The van der Waals surface area contributed by atoms with Crippen LogP contribution >= 0.6 is 23.2 Å². The van der Waals surface area contributed by atoms with Crippen molar-refractivity contribution in [2.75, 3.05) is 5.32 Å². The van der Waals surface area contributed by atoms with E-state index in [1.807, 2.05) is 25.1 Å². The zero-order chi connectivity index (χ0) is 16.4. The van der Waals surface area contributed by atoms with Crippen LogP contribution in [0.25, 0.3) is 10.9 Å². The normalized spacial score (nSPS) is 10.6. The lowest BCUT2D eigenvalue weighted by Crippen LogP contribution is -2.17. The Balaban J connectivity index is 1.87. The van der Waals surface area contributed by atoms with Crippen LogP contribution in [-0.2, 0) is 0 Å². The molecule has 0 radical (unpaired) electrons. The Morgan fingerprint density at radius 1 is 1.04 bits per heavy atom. The SMILES string of the molecule is Cc1ccc2cccc(OC(=O)Nc3c(Cl)cccc3Cl)c2n1. The molecule has 0 aliphatic heterocycles. The maximum atomic E-state index is 12.1. The third-order valence-corrected chi connectivity index (χ3v) is 3.84. The smallest absolute Gasteiger partial charge is 0.408 e. The molecule has 2 aromatic carbocycles. The lowest BCUT2D eigenvalue weighted by Gasteiger charge is -2.11. The first-order valence-corrected chi connectivity index (χ1v) is 7.59. The van der Waals surface area contributed by atoms with Gasteiger partial charge in [-0.05, 0) is 31.2 Å². The van der Waals surface area contributed by atoms with Crippen LogP contribution in [0.3, 0.4) is 0 Å². The number of fused-ring (bicyclic) bond motifs is 1. The van der Waals surface area contributed by atoms with Gasteiger partial charge in [-0.15, -0.1) is 0 Å². The average molecular weight is 347 g/mol. The highest BCUT2D eigenvalue weighted by atomic mass is 35.5. The Hall–Kier alpha value is -2.30. The molecule has 6 heteroatoms. The molecule has 0 aliphatic carbocycles. The standard InChI is InChI=1S/C17H12Cl2N2O2/c1-10-8-9-11-4-2-7-14(15(11)20-10)23-17(22)21-16-12(18)5-3-6-13(16)19/h2-9H,1H3,(H,21,22). The number of carbonyl (C=O) groups excluding carboxylic acids is 1. The molecule has 0 atom stereocenters. The Kier molecular flexibility index (Phi) is 4.37. The van der Waals surface area contributed by atoms with Crippen molar-refractivity contribution >= 4 is 45.9 Å². The number of nitrogens with one attached hydrogen (secondary N) is 1. The van der Waals surface area contributed by atoms with Crippen LogP contribution in [0.1, 0.15) is 5.69 Å². The van der Waals surface area contributed by atoms with Gasteiger partial charge in [-0.2, -0.15) is 0 Å². The van der Waals surface area contributed by atoms with E-state index in [-0.39, 0.29) is 0 Å². The van der Waals surface area contributed by atoms with E-state index in [2.05, 4.69) is 10.3 Å². The summed E-state index contributed by atoms with van der Waals surface area (Å²) in [6.07, 6.45) is -0.684. The summed E-state index contributed by atoms with van der Waals surface area (Å²) in [6.45, 7) is 1.87. The van der Waals surface area contributed by atoms with Crippen molar-refractivity contribution in [2.45, 2.75) is 6.92 Å². The number of amides is 1. The number of benzene rings is 2. The number of ether oxygens (including phenoxy) is 1. The third-order valence-electron chi connectivity index (χ3n) is 3.21. The number of nitrogens with zero attached hydrogens (tertiary/aromatic N) is 1. The molecule has 0 saturated heterocycles. The molecule has 0 spiro atoms. The monoisotopic (exact) mass is 346 g/mol. The zero-order valence-corrected chi connectivity index (χ0v) is 13.7. The van der Waals surface area contributed by atoms with E-state index in [4.69, 9.17) is 27.9 Å². The van der Waals surface area contributed by atoms with E-state index < -0.39 is 6.09 Å². The molecule has 23 heavy (non-hydrogen) atoms.